The number of aryl methyl sites for hydroxylation is 2. The first-order valence-electron chi connectivity index (χ1n) is 7.77. The molecule has 0 saturated heterocycles. The zero-order valence-corrected chi connectivity index (χ0v) is 13.7. The van der Waals surface area contributed by atoms with Crippen LogP contribution in [0, 0.1) is 13.8 Å². The summed E-state index contributed by atoms with van der Waals surface area (Å²) < 4.78 is 10.7. The Labute approximate surface area is 136 Å². The maximum absolute atomic E-state index is 12.3. The van der Waals surface area contributed by atoms with Gasteiger partial charge in [-0.2, -0.15) is 0 Å². The number of ether oxygens (including phenoxy) is 2. The summed E-state index contributed by atoms with van der Waals surface area (Å²) in [6.07, 6.45) is 2.00. The molecule has 0 atom stereocenters. The lowest BCUT2D eigenvalue weighted by atomic mass is 9.89. The lowest BCUT2D eigenvalue weighted by Gasteiger charge is -2.20. The fourth-order valence-electron chi connectivity index (χ4n) is 3.19. The van der Waals surface area contributed by atoms with E-state index in [9.17, 15) is 4.79 Å². The van der Waals surface area contributed by atoms with Gasteiger partial charge in [0.05, 0.1) is 19.3 Å². The number of methoxy groups -OCH3 is 1. The van der Waals surface area contributed by atoms with E-state index in [1.807, 2.05) is 32.0 Å². The van der Waals surface area contributed by atoms with Gasteiger partial charge in [0.1, 0.15) is 5.75 Å². The van der Waals surface area contributed by atoms with Crippen molar-refractivity contribution < 1.29 is 14.3 Å². The molecule has 1 heterocycles. The minimum absolute atomic E-state index is 0.359. The van der Waals surface area contributed by atoms with Crippen molar-refractivity contribution in [3.63, 3.8) is 0 Å². The first kappa shape index (κ1) is 15.4. The number of fused-ring (bicyclic) bond motifs is 1. The predicted octanol–water partition coefficient (Wildman–Crippen LogP) is 3.66. The van der Waals surface area contributed by atoms with Gasteiger partial charge >= 0.3 is 5.97 Å². The van der Waals surface area contributed by atoms with Crippen molar-refractivity contribution >= 4 is 11.7 Å². The number of esters is 1. The second-order valence-corrected chi connectivity index (χ2v) is 5.92. The van der Waals surface area contributed by atoms with Gasteiger partial charge in [0.15, 0.2) is 0 Å². The van der Waals surface area contributed by atoms with Gasteiger partial charge in [-0.25, -0.2) is 4.79 Å². The number of hydrogen-bond acceptors (Lipinski definition) is 4. The molecule has 0 aromatic heterocycles. The Balaban J connectivity index is 2.23. The van der Waals surface area contributed by atoms with Crippen LogP contribution in [0.5, 0.6) is 5.75 Å². The molecule has 0 bridgehead atoms. The molecule has 120 valence electrons. The minimum atomic E-state index is -0.359. The molecule has 2 aromatic rings. The highest BCUT2D eigenvalue weighted by molar-refractivity contribution is 6.01. The van der Waals surface area contributed by atoms with E-state index in [4.69, 9.17) is 15.2 Å². The second-order valence-electron chi connectivity index (χ2n) is 5.92. The average Bonchev–Trinajstić information content (AvgIpc) is 2.56. The van der Waals surface area contributed by atoms with Crippen molar-refractivity contribution in [1.29, 1.82) is 0 Å². The Morgan fingerprint density at radius 2 is 2.04 bits per heavy atom. The third-order valence-electron chi connectivity index (χ3n) is 4.41. The number of hydrogen-bond donors (Lipinski definition) is 1. The van der Waals surface area contributed by atoms with Crippen molar-refractivity contribution in [2.24, 2.45) is 0 Å². The maximum Gasteiger partial charge on any atom is 0.338 e. The molecule has 0 unspecified atom stereocenters. The Hall–Kier alpha value is -2.49. The SMILES string of the molecule is COC(=O)c1c(C)c(N)cc(C)c1-c1ccc2c(c1)CCCO2. The molecule has 0 aliphatic carbocycles. The van der Waals surface area contributed by atoms with Crippen LogP contribution < -0.4 is 10.5 Å². The molecule has 23 heavy (non-hydrogen) atoms. The quantitative estimate of drug-likeness (QED) is 0.679. The second kappa shape index (κ2) is 5.95. The highest BCUT2D eigenvalue weighted by Crippen LogP contribution is 2.36. The van der Waals surface area contributed by atoms with Gasteiger partial charge in [0, 0.05) is 5.69 Å². The molecule has 3 rings (SSSR count). The summed E-state index contributed by atoms with van der Waals surface area (Å²) in [6, 6.07) is 8.00. The molecular weight excluding hydrogens is 290 g/mol. The third-order valence-corrected chi connectivity index (χ3v) is 4.41. The molecular formula is C19H21NO3. The molecule has 0 amide bonds. The van der Waals surface area contributed by atoms with Gasteiger partial charge in [-0.15, -0.1) is 0 Å². The Kier molecular flexibility index (Phi) is 3.99. The van der Waals surface area contributed by atoms with Crippen molar-refractivity contribution in [3.8, 4) is 16.9 Å². The fraction of sp³-hybridized carbons (Fsp3) is 0.316. The van der Waals surface area contributed by atoms with E-state index in [2.05, 4.69) is 6.07 Å². The molecule has 2 aromatic carbocycles. The number of carbonyl (C=O) groups excluding carboxylic acids is 1. The monoisotopic (exact) mass is 311 g/mol. The van der Waals surface area contributed by atoms with E-state index >= 15 is 0 Å². The molecule has 0 spiro atoms. The molecule has 4 nitrogen and oxygen atoms in total. The lowest BCUT2D eigenvalue weighted by Crippen LogP contribution is -2.11. The first-order chi connectivity index (χ1) is 11.0. The van der Waals surface area contributed by atoms with E-state index in [-0.39, 0.29) is 5.97 Å². The zero-order chi connectivity index (χ0) is 16.6. The first-order valence-corrected chi connectivity index (χ1v) is 7.77. The van der Waals surface area contributed by atoms with Crippen molar-refractivity contribution in [2.45, 2.75) is 26.7 Å². The topological polar surface area (TPSA) is 61.5 Å². The number of rotatable bonds is 2. The minimum Gasteiger partial charge on any atom is -0.493 e. The van der Waals surface area contributed by atoms with Gasteiger partial charge in [-0.05, 0) is 72.7 Å². The number of carbonyl (C=O) groups is 1. The number of nitrogens with two attached hydrogens (primary N) is 1. The molecule has 4 heteroatoms. The predicted molar refractivity (Wildman–Crippen MR) is 90.9 cm³/mol. The standard InChI is InChI=1S/C19H21NO3/c1-11-9-15(20)12(2)18(19(21)22-3)17(11)14-6-7-16-13(10-14)5-4-8-23-16/h6-7,9-10H,4-5,8,20H2,1-3H3. The summed E-state index contributed by atoms with van der Waals surface area (Å²) in [7, 11) is 1.39. The van der Waals surface area contributed by atoms with Crippen molar-refractivity contribution in [3.05, 3.63) is 46.5 Å². The summed E-state index contributed by atoms with van der Waals surface area (Å²) in [5.74, 6) is 0.575. The van der Waals surface area contributed by atoms with Crippen LogP contribution in [0.15, 0.2) is 24.3 Å². The molecule has 0 saturated carbocycles. The van der Waals surface area contributed by atoms with Crippen LogP contribution in [-0.2, 0) is 11.2 Å². The largest absolute Gasteiger partial charge is 0.493 e. The number of nitrogen functional groups attached to an aromatic ring is 1. The smallest absolute Gasteiger partial charge is 0.338 e. The molecule has 0 radical (unpaired) electrons. The van der Waals surface area contributed by atoms with Crippen molar-refractivity contribution in [2.75, 3.05) is 19.5 Å². The molecule has 1 aliphatic heterocycles. The highest BCUT2D eigenvalue weighted by Gasteiger charge is 2.21. The van der Waals surface area contributed by atoms with Gasteiger partial charge < -0.3 is 15.2 Å². The summed E-state index contributed by atoms with van der Waals surface area (Å²) in [6.45, 7) is 4.58. The molecule has 0 fully saturated rings. The molecule has 2 N–H and O–H groups in total. The average molecular weight is 311 g/mol. The summed E-state index contributed by atoms with van der Waals surface area (Å²) in [5, 5.41) is 0. The van der Waals surface area contributed by atoms with Crippen LogP contribution in [0.1, 0.15) is 33.5 Å². The molecule has 1 aliphatic rings. The Bertz CT molecular complexity index is 781. The highest BCUT2D eigenvalue weighted by atomic mass is 16.5. The van der Waals surface area contributed by atoms with Gasteiger partial charge in [0.25, 0.3) is 0 Å². The van der Waals surface area contributed by atoms with E-state index in [1.165, 1.54) is 12.7 Å². The Morgan fingerprint density at radius 1 is 1.26 bits per heavy atom. The van der Waals surface area contributed by atoms with Gasteiger partial charge in [-0.3, -0.25) is 0 Å². The Morgan fingerprint density at radius 3 is 2.78 bits per heavy atom. The van der Waals surface area contributed by atoms with Crippen LogP contribution >= 0.6 is 0 Å². The summed E-state index contributed by atoms with van der Waals surface area (Å²) in [5.41, 5.74) is 12.0. The van der Waals surface area contributed by atoms with E-state index in [0.29, 0.717) is 11.3 Å². The third kappa shape index (κ3) is 2.65. The zero-order valence-electron chi connectivity index (χ0n) is 13.7. The van der Waals surface area contributed by atoms with Crippen LogP contribution in [0.2, 0.25) is 0 Å². The lowest BCUT2D eigenvalue weighted by molar-refractivity contribution is 0.0601. The van der Waals surface area contributed by atoms with Gasteiger partial charge in [-0.1, -0.05) is 6.07 Å². The fourth-order valence-corrected chi connectivity index (χ4v) is 3.19. The van der Waals surface area contributed by atoms with Crippen LogP contribution in [-0.4, -0.2) is 19.7 Å². The van der Waals surface area contributed by atoms with E-state index in [1.54, 1.807) is 0 Å². The number of benzene rings is 2. The summed E-state index contributed by atoms with van der Waals surface area (Å²) >= 11 is 0. The van der Waals surface area contributed by atoms with E-state index < -0.39 is 0 Å². The van der Waals surface area contributed by atoms with Crippen LogP contribution in [0.3, 0.4) is 0 Å². The van der Waals surface area contributed by atoms with Gasteiger partial charge in [0.2, 0.25) is 0 Å². The summed E-state index contributed by atoms with van der Waals surface area (Å²) in [4.78, 5) is 12.3. The van der Waals surface area contributed by atoms with Crippen molar-refractivity contribution in [1.82, 2.24) is 0 Å². The van der Waals surface area contributed by atoms with Crippen LogP contribution in [0.4, 0.5) is 5.69 Å². The van der Waals surface area contributed by atoms with E-state index in [0.717, 1.165) is 47.5 Å². The normalized spacial score (nSPS) is 13.2. The number of anilines is 1. The maximum atomic E-state index is 12.3. The van der Waals surface area contributed by atoms with Crippen LogP contribution in [0.25, 0.3) is 11.1 Å².